The van der Waals surface area contributed by atoms with Gasteiger partial charge in [0.1, 0.15) is 16.5 Å². The van der Waals surface area contributed by atoms with Gasteiger partial charge >= 0.3 is 12.1 Å². The number of amides is 2. The summed E-state index contributed by atoms with van der Waals surface area (Å²) >= 11 is 1.21. The monoisotopic (exact) mass is 493 g/mol. The number of hydrogen-bond acceptors (Lipinski definition) is 6. The van der Waals surface area contributed by atoms with Gasteiger partial charge in [-0.25, -0.2) is 9.78 Å². The molecule has 9 heteroatoms. The molecule has 2 amide bonds. The largest absolute Gasteiger partial charge is 0.481 e. The molecular weight excluding hydrogens is 466 g/mol. The lowest BCUT2D eigenvalue weighted by Gasteiger charge is -2.15. The van der Waals surface area contributed by atoms with Gasteiger partial charge in [-0.05, 0) is 35.6 Å². The fourth-order valence-electron chi connectivity index (χ4n) is 4.27. The van der Waals surface area contributed by atoms with E-state index in [0.29, 0.717) is 28.5 Å². The smallest absolute Gasteiger partial charge is 0.407 e. The van der Waals surface area contributed by atoms with Crippen LogP contribution in [0, 0.1) is 6.92 Å². The zero-order valence-electron chi connectivity index (χ0n) is 19.6. The molecule has 1 aliphatic carbocycles. The van der Waals surface area contributed by atoms with Crippen LogP contribution < -0.4 is 5.32 Å². The van der Waals surface area contributed by atoms with Crippen molar-refractivity contribution in [2.45, 2.75) is 32.2 Å². The quantitative estimate of drug-likeness (QED) is 0.457. The third-order valence-corrected chi connectivity index (χ3v) is 7.14. The minimum atomic E-state index is -0.888. The standard InChI is InChI=1S/C26H27N3O5S/c1-16-24(25(32)29(2)13-7-12-23(30)31)35-22(28-16)14-27-26(33)34-15-21-19-10-5-3-8-17(19)18-9-4-6-11-20(18)21/h3-6,8-11,21H,7,12-15H2,1-2H3,(H,27,33)(H,30,31). The fourth-order valence-corrected chi connectivity index (χ4v) is 5.26. The number of hydrogen-bond donors (Lipinski definition) is 2. The van der Waals surface area contributed by atoms with Crippen LogP contribution in [0.4, 0.5) is 4.79 Å². The highest BCUT2D eigenvalue weighted by atomic mass is 32.1. The molecule has 4 rings (SSSR count). The second kappa shape index (κ2) is 10.7. The second-order valence-corrected chi connectivity index (χ2v) is 9.51. The van der Waals surface area contributed by atoms with Crippen LogP contribution in [-0.4, -0.2) is 53.2 Å². The average molecular weight is 494 g/mol. The summed E-state index contributed by atoms with van der Waals surface area (Å²) < 4.78 is 5.55. The molecule has 0 radical (unpaired) electrons. The Morgan fingerprint density at radius 2 is 1.71 bits per heavy atom. The maximum Gasteiger partial charge on any atom is 0.407 e. The molecule has 0 unspecified atom stereocenters. The van der Waals surface area contributed by atoms with Crippen molar-refractivity contribution in [1.29, 1.82) is 0 Å². The predicted octanol–water partition coefficient (Wildman–Crippen LogP) is 4.43. The van der Waals surface area contributed by atoms with Crippen molar-refractivity contribution in [1.82, 2.24) is 15.2 Å². The van der Waals surface area contributed by atoms with Crippen LogP contribution in [0.15, 0.2) is 48.5 Å². The Morgan fingerprint density at radius 3 is 2.34 bits per heavy atom. The fraction of sp³-hybridized carbons (Fsp3) is 0.308. The average Bonchev–Trinajstić information content (AvgIpc) is 3.38. The van der Waals surface area contributed by atoms with Crippen molar-refractivity contribution >= 4 is 29.3 Å². The normalized spacial score (nSPS) is 12.1. The molecule has 35 heavy (non-hydrogen) atoms. The lowest BCUT2D eigenvalue weighted by Crippen LogP contribution is -2.28. The van der Waals surface area contributed by atoms with E-state index in [1.165, 1.54) is 27.4 Å². The first kappa shape index (κ1) is 24.4. The molecule has 0 spiro atoms. The maximum absolute atomic E-state index is 12.7. The van der Waals surface area contributed by atoms with Crippen LogP contribution in [0.1, 0.15) is 50.3 Å². The van der Waals surface area contributed by atoms with Gasteiger partial charge in [-0.1, -0.05) is 48.5 Å². The molecular formula is C26H27N3O5S. The topological polar surface area (TPSA) is 109 Å². The molecule has 1 aliphatic rings. The van der Waals surface area contributed by atoms with Gasteiger partial charge < -0.3 is 20.1 Å². The maximum atomic E-state index is 12.7. The Morgan fingerprint density at radius 1 is 1.09 bits per heavy atom. The summed E-state index contributed by atoms with van der Waals surface area (Å²) in [6, 6.07) is 16.3. The molecule has 0 bridgehead atoms. The summed E-state index contributed by atoms with van der Waals surface area (Å²) in [6.45, 7) is 2.46. The number of aliphatic carboxylic acids is 1. The summed E-state index contributed by atoms with van der Waals surface area (Å²) in [4.78, 5) is 42.2. The lowest BCUT2D eigenvalue weighted by molar-refractivity contribution is -0.137. The van der Waals surface area contributed by atoms with Gasteiger partial charge in [0.2, 0.25) is 0 Å². The van der Waals surface area contributed by atoms with Gasteiger partial charge in [-0.2, -0.15) is 0 Å². The van der Waals surface area contributed by atoms with Gasteiger partial charge in [0.05, 0.1) is 12.2 Å². The number of carbonyl (C=O) groups excluding carboxylic acids is 2. The summed E-state index contributed by atoms with van der Waals surface area (Å²) in [6.07, 6.45) is -0.154. The summed E-state index contributed by atoms with van der Waals surface area (Å²) in [5, 5.41) is 12.1. The number of aromatic nitrogens is 1. The molecule has 0 saturated heterocycles. The highest BCUT2D eigenvalue weighted by molar-refractivity contribution is 7.13. The summed E-state index contributed by atoms with van der Waals surface area (Å²) in [5.74, 6) is -1.12. The molecule has 0 atom stereocenters. The number of rotatable bonds is 9. The highest BCUT2D eigenvalue weighted by Gasteiger charge is 2.29. The van der Waals surface area contributed by atoms with Crippen LogP contribution in [0.3, 0.4) is 0 Å². The number of nitrogens with one attached hydrogen (secondary N) is 1. The molecule has 0 fully saturated rings. The first-order chi connectivity index (χ1) is 16.8. The first-order valence-corrected chi connectivity index (χ1v) is 12.2. The predicted molar refractivity (Wildman–Crippen MR) is 133 cm³/mol. The van der Waals surface area contributed by atoms with E-state index in [0.717, 1.165) is 11.1 Å². The number of fused-ring (bicyclic) bond motifs is 3. The van der Waals surface area contributed by atoms with E-state index >= 15 is 0 Å². The van der Waals surface area contributed by atoms with Crippen molar-refractivity contribution in [2.24, 2.45) is 0 Å². The van der Waals surface area contributed by atoms with Crippen molar-refractivity contribution in [3.05, 3.63) is 75.2 Å². The highest BCUT2D eigenvalue weighted by Crippen LogP contribution is 2.44. The van der Waals surface area contributed by atoms with Crippen LogP contribution in [0.25, 0.3) is 11.1 Å². The first-order valence-electron chi connectivity index (χ1n) is 11.4. The summed E-state index contributed by atoms with van der Waals surface area (Å²) in [7, 11) is 1.64. The van der Waals surface area contributed by atoms with Crippen LogP contribution in [0.5, 0.6) is 0 Å². The third kappa shape index (κ3) is 5.51. The molecule has 182 valence electrons. The number of nitrogens with zero attached hydrogens (tertiary/aromatic N) is 2. The molecule has 1 aromatic heterocycles. The molecule has 2 aromatic carbocycles. The van der Waals surface area contributed by atoms with Crippen molar-refractivity contribution in [3.8, 4) is 11.1 Å². The van der Waals surface area contributed by atoms with E-state index < -0.39 is 12.1 Å². The minimum Gasteiger partial charge on any atom is -0.481 e. The zero-order chi connectivity index (χ0) is 24.9. The van der Waals surface area contributed by atoms with Gasteiger partial charge in [-0.15, -0.1) is 11.3 Å². The SMILES string of the molecule is Cc1nc(CNC(=O)OCC2c3ccccc3-c3ccccc32)sc1C(=O)N(C)CCCC(=O)O. The number of thiazole rings is 1. The van der Waals surface area contributed by atoms with Crippen molar-refractivity contribution in [3.63, 3.8) is 0 Å². The van der Waals surface area contributed by atoms with Gasteiger partial charge in [0.15, 0.2) is 0 Å². The van der Waals surface area contributed by atoms with Gasteiger partial charge in [-0.3, -0.25) is 9.59 Å². The molecule has 2 N–H and O–H groups in total. The third-order valence-electron chi connectivity index (χ3n) is 5.99. The number of carboxylic acid groups (broad SMARTS) is 1. The number of benzene rings is 2. The Balaban J connectivity index is 1.31. The zero-order valence-corrected chi connectivity index (χ0v) is 20.4. The van der Waals surface area contributed by atoms with Crippen molar-refractivity contribution < 1.29 is 24.2 Å². The van der Waals surface area contributed by atoms with E-state index in [1.807, 2.05) is 24.3 Å². The van der Waals surface area contributed by atoms with E-state index in [-0.39, 0.29) is 31.4 Å². The Kier molecular flexibility index (Phi) is 7.45. The molecule has 0 aliphatic heterocycles. The number of aryl methyl sites for hydroxylation is 1. The number of ether oxygens (including phenoxy) is 1. The molecule has 8 nitrogen and oxygen atoms in total. The molecule has 1 heterocycles. The number of alkyl carbamates (subject to hydrolysis) is 1. The lowest BCUT2D eigenvalue weighted by atomic mass is 9.98. The minimum absolute atomic E-state index is 0.00853. The Labute approximate surface area is 207 Å². The second-order valence-electron chi connectivity index (χ2n) is 8.43. The molecule has 0 saturated carbocycles. The number of carbonyl (C=O) groups is 3. The molecule has 3 aromatic rings. The van der Waals surface area contributed by atoms with E-state index in [1.54, 1.807) is 14.0 Å². The van der Waals surface area contributed by atoms with Gasteiger partial charge in [0, 0.05) is 25.9 Å². The summed E-state index contributed by atoms with van der Waals surface area (Å²) in [5.41, 5.74) is 5.20. The Bertz CT molecular complexity index is 1210. The van der Waals surface area contributed by atoms with Crippen molar-refractivity contribution in [2.75, 3.05) is 20.2 Å². The van der Waals surface area contributed by atoms with E-state index in [9.17, 15) is 14.4 Å². The van der Waals surface area contributed by atoms with Gasteiger partial charge in [0.25, 0.3) is 5.91 Å². The van der Waals surface area contributed by atoms with Crippen LogP contribution in [0.2, 0.25) is 0 Å². The van der Waals surface area contributed by atoms with Crippen LogP contribution >= 0.6 is 11.3 Å². The van der Waals surface area contributed by atoms with E-state index in [2.05, 4.69) is 34.6 Å². The van der Waals surface area contributed by atoms with E-state index in [4.69, 9.17) is 9.84 Å². The number of carboxylic acids is 1. The Hall–Kier alpha value is -3.72. The van der Waals surface area contributed by atoms with Crippen LogP contribution in [-0.2, 0) is 16.1 Å².